The summed E-state index contributed by atoms with van der Waals surface area (Å²) in [6.07, 6.45) is 1.93. The molecule has 1 aliphatic rings. The molecule has 0 spiro atoms. The molecule has 3 heteroatoms. The fourth-order valence-corrected chi connectivity index (χ4v) is 2.45. The van der Waals surface area contributed by atoms with Gasteiger partial charge in [-0.2, -0.15) is 0 Å². The first kappa shape index (κ1) is 13.8. The smallest absolute Gasteiger partial charge is 0.0642 e. The third kappa shape index (κ3) is 3.50. The van der Waals surface area contributed by atoms with Crippen molar-refractivity contribution in [1.82, 2.24) is 0 Å². The van der Waals surface area contributed by atoms with E-state index in [0.29, 0.717) is 0 Å². The number of aliphatic imine (C=N–C) groups is 1. The third-order valence-corrected chi connectivity index (χ3v) is 3.77. The highest BCUT2D eigenvalue weighted by molar-refractivity contribution is 5.83. The first-order chi connectivity index (χ1) is 10.3. The average molecular weight is 280 g/mol. The Balaban J connectivity index is 1.71. The van der Waals surface area contributed by atoms with Gasteiger partial charge in [-0.3, -0.25) is 4.99 Å². The van der Waals surface area contributed by atoms with Crippen LogP contribution in [0.15, 0.2) is 53.5 Å². The lowest BCUT2D eigenvalue weighted by atomic mass is 10.1. The van der Waals surface area contributed by atoms with Crippen molar-refractivity contribution in [2.45, 2.75) is 6.92 Å². The monoisotopic (exact) mass is 280 g/mol. The van der Waals surface area contributed by atoms with Crippen molar-refractivity contribution in [2.75, 3.05) is 31.2 Å². The Labute approximate surface area is 125 Å². The van der Waals surface area contributed by atoms with E-state index in [9.17, 15) is 0 Å². The summed E-state index contributed by atoms with van der Waals surface area (Å²) in [6.45, 7) is 5.65. The molecule has 108 valence electrons. The molecule has 0 unspecified atom stereocenters. The second-order valence-electron chi connectivity index (χ2n) is 5.23. The van der Waals surface area contributed by atoms with Crippen molar-refractivity contribution in [3.05, 3.63) is 59.7 Å². The molecular weight excluding hydrogens is 260 g/mol. The molecule has 3 nitrogen and oxygen atoms in total. The summed E-state index contributed by atoms with van der Waals surface area (Å²) >= 11 is 0. The van der Waals surface area contributed by atoms with Crippen molar-refractivity contribution >= 4 is 17.6 Å². The third-order valence-electron chi connectivity index (χ3n) is 3.77. The van der Waals surface area contributed by atoms with E-state index in [1.54, 1.807) is 0 Å². The quantitative estimate of drug-likeness (QED) is 0.803. The van der Waals surface area contributed by atoms with Gasteiger partial charge in [-0.15, -0.1) is 0 Å². The maximum absolute atomic E-state index is 5.38. The Hall–Kier alpha value is -2.13. The molecule has 0 aliphatic carbocycles. The molecule has 0 saturated carbocycles. The van der Waals surface area contributed by atoms with E-state index in [1.165, 1.54) is 11.3 Å². The van der Waals surface area contributed by atoms with E-state index in [2.05, 4.69) is 53.2 Å². The van der Waals surface area contributed by atoms with E-state index in [0.717, 1.165) is 37.6 Å². The lowest BCUT2D eigenvalue weighted by molar-refractivity contribution is 0.122. The summed E-state index contributed by atoms with van der Waals surface area (Å²) in [5.74, 6) is 0. The number of benzene rings is 2. The van der Waals surface area contributed by atoms with Gasteiger partial charge in [-0.05, 0) is 42.3 Å². The van der Waals surface area contributed by atoms with Crippen molar-refractivity contribution in [3.63, 3.8) is 0 Å². The highest BCUT2D eigenvalue weighted by Crippen LogP contribution is 2.20. The van der Waals surface area contributed by atoms with Gasteiger partial charge in [-0.25, -0.2) is 0 Å². The Bertz CT molecular complexity index is 613. The van der Waals surface area contributed by atoms with Gasteiger partial charge in [0.15, 0.2) is 0 Å². The van der Waals surface area contributed by atoms with Crippen molar-refractivity contribution in [2.24, 2.45) is 4.99 Å². The van der Waals surface area contributed by atoms with Crippen LogP contribution in [-0.2, 0) is 4.74 Å². The van der Waals surface area contributed by atoms with Gasteiger partial charge >= 0.3 is 0 Å². The molecule has 2 aromatic rings. The molecule has 1 fully saturated rings. The molecule has 21 heavy (non-hydrogen) atoms. The summed E-state index contributed by atoms with van der Waals surface area (Å²) in [7, 11) is 0. The maximum atomic E-state index is 5.38. The molecule has 0 amide bonds. The maximum Gasteiger partial charge on any atom is 0.0642 e. The number of rotatable bonds is 3. The van der Waals surface area contributed by atoms with Gasteiger partial charge in [0.2, 0.25) is 0 Å². The Morgan fingerprint density at radius 1 is 1.00 bits per heavy atom. The highest BCUT2D eigenvalue weighted by atomic mass is 16.5. The first-order valence-electron chi connectivity index (χ1n) is 7.35. The van der Waals surface area contributed by atoms with Gasteiger partial charge in [0.25, 0.3) is 0 Å². The fraction of sp³-hybridized carbons (Fsp3) is 0.278. The van der Waals surface area contributed by atoms with E-state index < -0.39 is 0 Å². The van der Waals surface area contributed by atoms with Crippen LogP contribution in [0.25, 0.3) is 0 Å². The van der Waals surface area contributed by atoms with E-state index in [1.807, 2.05) is 18.3 Å². The van der Waals surface area contributed by atoms with Crippen LogP contribution in [0.1, 0.15) is 11.1 Å². The van der Waals surface area contributed by atoms with E-state index >= 15 is 0 Å². The van der Waals surface area contributed by atoms with Crippen LogP contribution in [0.3, 0.4) is 0 Å². The molecule has 0 N–H and O–H groups in total. The summed E-state index contributed by atoms with van der Waals surface area (Å²) in [4.78, 5) is 6.90. The lowest BCUT2D eigenvalue weighted by Gasteiger charge is -2.28. The molecule has 1 aliphatic heterocycles. The number of hydrogen-bond donors (Lipinski definition) is 0. The topological polar surface area (TPSA) is 24.8 Å². The van der Waals surface area contributed by atoms with E-state index in [-0.39, 0.29) is 0 Å². The number of morpholine rings is 1. The zero-order valence-electron chi connectivity index (χ0n) is 12.3. The second kappa shape index (κ2) is 6.55. The molecule has 1 heterocycles. The SMILES string of the molecule is Cc1ccccc1C=Nc1ccc(N2CCOCC2)cc1. The number of aryl methyl sites for hydroxylation is 1. The minimum absolute atomic E-state index is 0.813. The summed E-state index contributed by atoms with van der Waals surface area (Å²) < 4.78 is 5.38. The van der Waals surface area contributed by atoms with Gasteiger partial charge in [-0.1, -0.05) is 24.3 Å². The summed E-state index contributed by atoms with van der Waals surface area (Å²) in [6, 6.07) is 16.7. The summed E-state index contributed by atoms with van der Waals surface area (Å²) in [5.41, 5.74) is 4.63. The molecule has 3 rings (SSSR count). The first-order valence-corrected chi connectivity index (χ1v) is 7.35. The van der Waals surface area contributed by atoms with E-state index in [4.69, 9.17) is 4.74 Å². The van der Waals surface area contributed by atoms with Crippen molar-refractivity contribution < 1.29 is 4.74 Å². The van der Waals surface area contributed by atoms with Gasteiger partial charge in [0.05, 0.1) is 18.9 Å². The van der Waals surface area contributed by atoms with Crippen LogP contribution in [0.2, 0.25) is 0 Å². The highest BCUT2D eigenvalue weighted by Gasteiger charge is 2.10. The molecular formula is C18H20N2O. The molecule has 0 radical (unpaired) electrons. The van der Waals surface area contributed by atoms with Crippen LogP contribution in [0.4, 0.5) is 11.4 Å². The number of nitrogens with zero attached hydrogens (tertiary/aromatic N) is 2. The Morgan fingerprint density at radius 2 is 1.71 bits per heavy atom. The fourth-order valence-electron chi connectivity index (χ4n) is 2.45. The van der Waals surface area contributed by atoms with Gasteiger partial charge < -0.3 is 9.64 Å². The standard InChI is InChI=1S/C18H20N2O/c1-15-4-2-3-5-16(15)14-19-17-6-8-18(9-7-17)20-10-12-21-13-11-20/h2-9,14H,10-13H2,1H3. The minimum Gasteiger partial charge on any atom is -0.378 e. The predicted molar refractivity (Wildman–Crippen MR) is 87.9 cm³/mol. The van der Waals surface area contributed by atoms with Crippen LogP contribution >= 0.6 is 0 Å². The zero-order valence-corrected chi connectivity index (χ0v) is 12.3. The molecule has 1 saturated heterocycles. The Kier molecular flexibility index (Phi) is 4.31. The van der Waals surface area contributed by atoms with Crippen molar-refractivity contribution in [3.8, 4) is 0 Å². The predicted octanol–water partition coefficient (Wildman–Crippen LogP) is 3.58. The normalized spacial score (nSPS) is 15.6. The van der Waals surface area contributed by atoms with Crippen LogP contribution < -0.4 is 4.90 Å². The number of hydrogen-bond acceptors (Lipinski definition) is 3. The lowest BCUT2D eigenvalue weighted by Crippen LogP contribution is -2.36. The minimum atomic E-state index is 0.813. The van der Waals surface area contributed by atoms with Crippen molar-refractivity contribution in [1.29, 1.82) is 0 Å². The summed E-state index contributed by atoms with van der Waals surface area (Å²) in [5, 5.41) is 0. The largest absolute Gasteiger partial charge is 0.378 e. The molecule has 0 aromatic heterocycles. The van der Waals surface area contributed by atoms with Crippen LogP contribution in [0.5, 0.6) is 0 Å². The average Bonchev–Trinajstić information content (AvgIpc) is 2.55. The van der Waals surface area contributed by atoms with Crippen LogP contribution in [0, 0.1) is 6.92 Å². The molecule has 0 atom stereocenters. The Morgan fingerprint density at radius 3 is 2.43 bits per heavy atom. The molecule has 0 bridgehead atoms. The van der Waals surface area contributed by atoms with Crippen LogP contribution in [-0.4, -0.2) is 32.5 Å². The van der Waals surface area contributed by atoms with Gasteiger partial charge in [0, 0.05) is 25.0 Å². The zero-order chi connectivity index (χ0) is 14.5. The second-order valence-corrected chi connectivity index (χ2v) is 5.23. The number of ether oxygens (including phenoxy) is 1. The molecule has 2 aromatic carbocycles. The van der Waals surface area contributed by atoms with Gasteiger partial charge in [0.1, 0.15) is 0 Å². The number of anilines is 1.